The van der Waals surface area contributed by atoms with Gasteiger partial charge in [-0.15, -0.1) is 0 Å². The summed E-state index contributed by atoms with van der Waals surface area (Å²) in [5.74, 6) is -0.231. The van der Waals surface area contributed by atoms with Crippen LogP contribution in [-0.2, 0) is 5.60 Å². The summed E-state index contributed by atoms with van der Waals surface area (Å²) in [6.07, 6.45) is 1.33. The molecule has 2 N–H and O–H groups in total. The van der Waals surface area contributed by atoms with Gasteiger partial charge in [-0.25, -0.2) is 4.39 Å². The number of halogens is 1. The summed E-state index contributed by atoms with van der Waals surface area (Å²) in [7, 11) is 1.44. The molecule has 0 aromatic heterocycles. The SMILES string of the molecule is CCC1CNCCC1(O)c1cccc(OC)c1F. The summed E-state index contributed by atoms with van der Waals surface area (Å²) < 4.78 is 19.3. The zero-order valence-electron chi connectivity index (χ0n) is 10.9. The zero-order chi connectivity index (χ0) is 13.2. The van der Waals surface area contributed by atoms with Crippen LogP contribution in [-0.4, -0.2) is 25.3 Å². The lowest BCUT2D eigenvalue weighted by Crippen LogP contribution is -2.48. The first-order valence-corrected chi connectivity index (χ1v) is 6.39. The van der Waals surface area contributed by atoms with Crippen molar-refractivity contribution in [1.82, 2.24) is 5.32 Å². The summed E-state index contributed by atoms with van der Waals surface area (Å²) in [5, 5.41) is 14.1. The maximum absolute atomic E-state index is 14.3. The van der Waals surface area contributed by atoms with Crippen LogP contribution in [0.1, 0.15) is 25.3 Å². The minimum absolute atomic E-state index is 0.0212. The van der Waals surface area contributed by atoms with E-state index in [0.29, 0.717) is 25.1 Å². The van der Waals surface area contributed by atoms with Gasteiger partial charge in [-0.3, -0.25) is 0 Å². The Kier molecular flexibility index (Phi) is 3.88. The monoisotopic (exact) mass is 253 g/mol. The van der Waals surface area contributed by atoms with E-state index >= 15 is 0 Å². The molecule has 1 saturated heterocycles. The molecule has 18 heavy (non-hydrogen) atoms. The van der Waals surface area contributed by atoms with Gasteiger partial charge in [-0.1, -0.05) is 19.1 Å². The number of ether oxygens (including phenoxy) is 1. The van der Waals surface area contributed by atoms with E-state index < -0.39 is 11.4 Å². The molecule has 2 atom stereocenters. The van der Waals surface area contributed by atoms with Crippen molar-refractivity contribution in [2.75, 3.05) is 20.2 Å². The Balaban J connectivity index is 2.45. The highest BCUT2D eigenvalue weighted by Crippen LogP contribution is 2.39. The molecular weight excluding hydrogens is 233 g/mol. The van der Waals surface area contributed by atoms with Gasteiger partial charge in [-0.05, 0) is 25.5 Å². The minimum Gasteiger partial charge on any atom is -0.494 e. The predicted molar refractivity (Wildman–Crippen MR) is 68.1 cm³/mol. The molecule has 1 aromatic carbocycles. The maximum Gasteiger partial charge on any atom is 0.171 e. The molecule has 0 bridgehead atoms. The van der Waals surface area contributed by atoms with E-state index in [-0.39, 0.29) is 11.7 Å². The summed E-state index contributed by atoms with van der Waals surface area (Å²) in [6.45, 7) is 3.42. The summed E-state index contributed by atoms with van der Waals surface area (Å²) in [5.41, 5.74) is -0.742. The van der Waals surface area contributed by atoms with Crippen molar-refractivity contribution in [3.63, 3.8) is 0 Å². The number of methoxy groups -OCH3 is 1. The third-order valence-electron chi connectivity index (χ3n) is 3.89. The van der Waals surface area contributed by atoms with E-state index in [2.05, 4.69) is 5.32 Å². The molecule has 2 rings (SSSR count). The quantitative estimate of drug-likeness (QED) is 0.866. The molecule has 0 spiro atoms. The molecule has 1 fully saturated rings. The first-order valence-electron chi connectivity index (χ1n) is 6.39. The van der Waals surface area contributed by atoms with Gasteiger partial charge in [0.1, 0.15) is 0 Å². The second-order valence-electron chi connectivity index (χ2n) is 4.81. The maximum atomic E-state index is 14.3. The van der Waals surface area contributed by atoms with Crippen molar-refractivity contribution in [3.8, 4) is 5.75 Å². The molecule has 0 aliphatic carbocycles. The standard InChI is InChI=1S/C14H20FNO2/c1-3-10-9-16-8-7-14(10,17)11-5-4-6-12(18-2)13(11)15/h4-6,10,16-17H,3,7-9H2,1-2H3. The summed E-state index contributed by atoms with van der Waals surface area (Å²) in [6, 6.07) is 4.96. The molecule has 1 aliphatic heterocycles. The highest BCUT2D eigenvalue weighted by Gasteiger charge is 2.41. The van der Waals surface area contributed by atoms with Crippen molar-refractivity contribution in [2.45, 2.75) is 25.4 Å². The Morgan fingerprint density at radius 3 is 3.00 bits per heavy atom. The van der Waals surface area contributed by atoms with Crippen LogP contribution in [0.2, 0.25) is 0 Å². The number of hydrogen-bond acceptors (Lipinski definition) is 3. The summed E-state index contributed by atoms with van der Waals surface area (Å²) >= 11 is 0. The normalized spacial score (nSPS) is 28.1. The fraction of sp³-hybridized carbons (Fsp3) is 0.571. The fourth-order valence-electron chi connectivity index (χ4n) is 2.77. The highest BCUT2D eigenvalue weighted by molar-refractivity contribution is 5.35. The molecular formula is C14H20FNO2. The molecule has 1 heterocycles. The van der Waals surface area contributed by atoms with Crippen LogP contribution >= 0.6 is 0 Å². The van der Waals surface area contributed by atoms with Gasteiger partial charge in [-0.2, -0.15) is 0 Å². The number of benzene rings is 1. The third-order valence-corrected chi connectivity index (χ3v) is 3.89. The van der Waals surface area contributed by atoms with Gasteiger partial charge in [0, 0.05) is 18.0 Å². The van der Waals surface area contributed by atoms with Gasteiger partial charge in [0.15, 0.2) is 11.6 Å². The van der Waals surface area contributed by atoms with E-state index in [1.165, 1.54) is 7.11 Å². The van der Waals surface area contributed by atoms with Crippen molar-refractivity contribution >= 4 is 0 Å². The largest absolute Gasteiger partial charge is 0.494 e. The lowest BCUT2D eigenvalue weighted by Gasteiger charge is -2.40. The second kappa shape index (κ2) is 5.24. The Hall–Kier alpha value is -1.13. The minimum atomic E-state index is -1.10. The van der Waals surface area contributed by atoms with Crippen molar-refractivity contribution in [3.05, 3.63) is 29.6 Å². The van der Waals surface area contributed by atoms with E-state index in [1.807, 2.05) is 6.92 Å². The van der Waals surface area contributed by atoms with Crippen LogP contribution in [0.4, 0.5) is 4.39 Å². The Bertz CT molecular complexity index is 424. The number of hydrogen-bond donors (Lipinski definition) is 2. The van der Waals surface area contributed by atoms with Crippen LogP contribution in [0.3, 0.4) is 0 Å². The Morgan fingerprint density at radius 1 is 1.56 bits per heavy atom. The number of nitrogens with one attached hydrogen (secondary N) is 1. The lowest BCUT2D eigenvalue weighted by atomic mass is 9.75. The topological polar surface area (TPSA) is 41.5 Å². The van der Waals surface area contributed by atoms with Crippen LogP contribution < -0.4 is 10.1 Å². The van der Waals surface area contributed by atoms with E-state index in [0.717, 1.165) is 6.42 Å². The molecule has 3 nitrogen and oxygen atoms in total. The van der Waals surface area contributed by atoms with Crippen molar-refractivity contribution in [1.29, 1.82) is 0 Å². The molecule has 100 valence electrons. The number of aliphatic hydroxyl groups is 1. The number of rotatable bonds is 3. The van der Waals surface area contributed by atoms with Gasteiger partial charge in [0.25, 0.3) is 0 Å². The van der Waals surface area contributed by atoms with Crippen LogP contribution in [0, 0.1) is 11.7 Å². The Morgan fingerprint density at radius 2 is 2.33 bits per heavy atom. The molecule has 1 aromatic rings. The summed E-state index contributed by atoms with van der Waals surface area (Å²) in [4.78, 5) is 0. The molecule has 0 amide bonds. The third kappa shape index (κ3) is 2.10. The smallest absolute Gasteiger partial charge is 0.171 e. The lowest BCUT2D eigenvalue weighted by molar-refractivity contribution is -0.0507. The number of piperidine rings is 1. The van der Waals surface area contributed by atoms with Crippen molar-refractivity contribution in [2.24, 2.45) is 5.92 Å². The van der Waals surface area contributed by atoms with Crippen LogP contribution in [0.25, 0.3) is 0 Å². The predicted octanol–water partition coefficient (Wildman–Crippen LogP) is 2.04. The second-order valence-corrected chi connectivity index (χ2v) is 4.81. The van der Waals surface area contributed by atoms with E-state index in [9.17, 15) is 9.50 Å². The van der Waals surface area contributed by atoms with Crippen molar-refractivity contribution < 1.29 is 14.2 Å². The molecule has 1 aliphatic rings. The first kappa shape index (κ1) is 13.3. The van der Waals surface area contributed by atoms with E-state index in [4.69, 9.17) is 4.74 Å². The van der Waals surface area contributed by atoms with E-state index in [1.54, 1.807) is 18.2 Å². The van der Waals surface area contributed by atoms with Crippen LogP contribution in [0.5, 0.6) is 5.75 Å². The molecule has 0 saturated carbocycles. The average molecular weight is 253 g/mol. The van der Waals surface area contributed by atoms with Crippen LogP contribution in [0.15, 0.2) is 18.2 Å². The van der Waals surface area contributed by atoms with Gasteiger partial charge >= 0.3 is 0 Å². The fourth-order valence-corrected chi connectivity index (χ4v) is 2.77. The van der Waals surface area contributed by atoms with Gasteiger partial charge in [0.2, 0.25) is 0 Å². The average Bonchev–Trinajstić information content (AvgIpc) is 2.39. The highest BCUT2D eigenvalue weighted by atomic mass is 19.1. The molecule has 2 unspecified atom stereocenters. The van der Waals surface area contributed by atoms with Gasteiger partial charge in [0.05, 0.1) is 12.7 Å². The first-order chi connectivity index (χ1) is 8.63. The van der Waals surface area contributed by atoms with Gasteiger partial charge < -0.3 is 15.2 Å². The zero-order valence-corrected chi connectivity index (χ0v) is 10.9. The molecule has 0 radical (unpaired) electrons. The Labute approximate surface area is 107 Å². The molecule has 4 heteroatoms.